The fourth-order valence-corrected chi connectivity index (χ4v) is 3.03. The van der Waals surface area contributed by atoms with Gasteiger partial charge in [-0.25, -0.2) is 0 Å². The standard InChI is InChI=1S/C18H13NO.Na.H/c1-11(20)19-16-10-8-14-6-5-12-3-2-4-13-7-9-15(16)18(14)17(12)13;;/h2-10H,1H3,(H,19,20);;. The second kappa shape index (κ2) is 5.30. The van der Waals surface area contributed by atoms with Crippen molar-refractivity contribution in [2.45, 2.75) is 6.92 Å². The van der Waals surface area contributed by atoms with Crippen molar-refractivity contribution in [2.75, 3.05) is 5.32 Å². The van der Waals surface area contributed by atoms with Gasteiger partial charge in [0, 0.05) is 18.0 Å². The summed E-state index contributed by atoms with van der Waals surface area (Å²) >= 11 is 0. The van der Waals surface area contributed by atoms with Gasteiger partial charge in [-0.05, 0) is 33.0 Å². The van der Waals surface area contributed by atoms with Gasteiger partial charge >= 0.3 is 29.6 Å². The number of nitrogens with one attached hydrogen (secondary N) is 1. The maximum absolute atomic E-state index is 11.4. The monoisotopic (exact) mass is 283 g/mol. The third-order valence-corrected chi connectivity index (χ3v) is 3.84. The van der Waals surface area contributed by atoms with E-state index in [0.29, 0.717) is 0 Å². The number of amides is 1. The van der Waals surface area contributed by atoms with Gasteiger partial charge in [-0.1, -0.05) is 48.5 Å². The van der Waals surface area contributed by atoms with E-state index in [4.69, 9.17) is 0 Å². The molecule has 0 radical (unpaired) electrons. The van der Waals surface area contributed by atoms with Gasteiger partial charge in [-0.15, -0.1) is 0 Å². The molecule has 0 fully saturated rings. The van der Waals surface area contributed by atoms with E-state index in [1.54, 1.807) is 0 Å². The Morgan fingerprint density at radius 3 is 2.05 bits per heavy atom. The van der Waals surface area contributed by atoms with E-state index in [1.165, 1.54) is 33.9 Å². The summed E-state index contributed by atoms with van der Waals surface area (Å²) in [6.07, 6.45) is 0. The summed E-state index contributed by atoms with van der Waals surface area (Å²) < 4.78 is 0. The van der Waals surface area contributed by atoms with Crippen molar-refractivity contribution in [3.63, 3.8) is 0 Å². The van der Waals surface area contributed by atoms with Gasteiger partial charge in [-0.2, -0.15) is 0 Å². The van der Waals surface area contributed by atoms with Gasteiger partial charge in [0.05, 0.1) is 0 Å². The molecule has 1 amide bonds. The summed E-state index contributed by atoms with van der Waals surface area (Å²) in [4.78, 5) is 11.4. The van der Waals surface area contributed by atoms with Gasteiger partial charge in [0.1, 0.15) is 0 Å². The SMILES string of the molecule is CC(=O)Nc1ccc2ccc3cccc4ccc1c2c34.[NaH]. The number of benzene rings is 4. The quantitative estimate of drug-likeness (QED) is 0.416. The van der Waals surface area contributed by atoms with Crippen LogP contribution in [0.2, 0.25) is 0 Å². The molecule has 21 heavy (non-hydrogen) atoms. The molecule has 4 rings (SSSR count). The van der Waals surface area contributed by atoms with Gasteiger partial charge in [0.15, 0.2) is 0 Å². The van der Waals surface area contributed by atoms with Crippen molar-refractivity contribution in [3.05, 3.63) is 54.6 Å². The van der Waals surface area contributed by atoms with Crippen LogP contribution in [0.3, 0.4) is 0 Å². The van der Waals surface area contributed by atoms with Crippen molar-refractivity contribution < 1.29 is 4.79 Å². The minimum absolute atomic E-state index is 0. The van der Waals surface area contributed by atoms with Gasteiger partial charge in [0.2, 0.25) is 5.91 Å². The molecule has 0 saturated carbocycles. The molecule has 0 heterocycles. The first-order valence-corrected chi connectivity index (χ1v) is 6.68. The second-order valence-electron chi connectivity index (χ2n) is 5.15. The van der Waals surface area contributed by atoms with Crippen LogP contribution in [-0.4, -0.2) is 35.5 Å². The molecular weight excluding hydrogens is 269 g/mol. The molecule has 0 saturated heterocycles. The molecule has 0 aromatic heterocycles. The van der Waals surface area contributed by atoms with E-state index < -0.39 is 0 Å². The maximum atomic E-state index is 11.4. The average Bonchev–Trinajstić information content (AvgIpc) is 2.46. The predicted octanol–water partition coefficient (Wildman–Crippen LogP) is 3.89. The van der Waals surface area contributed by atoms with Crippen molar-refractivity contribution in [1.82, 2.24) is 0 Å². The second-order valence-corrected chi connectivity index (χ2v) is 5.15. The number of hydrogen-bond donors (Lipinski definition) is 1. The summed E-state index contributed by atoms with van der Waals surface area (Å²) in [5.74, 6) is -0.0416. The number of rotatable bonds is 1. The van der Waals surface area contributed by atoms with E-state index in [0.717, 1.165) is 11.1 Å². The zero-order valence-corrected chi connectivity index (χ0v) is 11.1. The first-order chi connectivity index (χ1) is 9.74. The Labute approximate surface area is 144 Å². The molecule has 4 aromatic rings. The Bertz CT molecular complexity index is 946. The number of anilines is 1. The zero-order valence-electron chi connectivity index (χ0n) is 11.1. The molecule has 0 spiro atoms. The van der Waals surface area contributed by atoms with Crippen molar-refractivity contribution in [3.8, 4) is 0 Å². The fraction of sp³-hybridized carbons (Fsp3) is 0.0556. The van der Waals surface area contributed by atoms with E-state index in [9.17, 15) is 4.79 Å². The van der Waals surface area contributed by atoms with Crippen molar-refractivity contribution in [2.24, 2.45) is 0 Å². The van der Waals surface area contributed by atoms with Crippen LogP contribution in [-0.2, 0) is 4.79 Å². The predicted molar refractivity (Wildman–Crippen MR) is 91.6 cm³/mol. The molecule has 4 aromatic carbocycles. The average molecular weight is 283 g/mol. The molecule has 0 aliphatic rings. The van der Waals surface area contributed by atoms with Crippen LogP contribution in [0, 0.1) is 0 Å². The van der Waals surface area contributed by atoms with Crippen LogP contribution in [0.15, 0.2) is 54.6 Å². The Balaban J connectivity index is 0.00000132. The van der Waals surface area contributed by atoms with Gasteiger partial charge in [-0.3, -0.25) is 4.79 Å². The first kappa shape index (κ1) is 14.3. The van der Waals surface area contributed by atoms with Crippen LogP contribution in [0.5, 0.6) is 0 Å². The third-order valence-electron chi connectivity index (χ3n) is 3.84. The first-order valence-electron chi connectivity index (χ1n) is 6.68. The topological polar surface area (TPSA) is 29.1 Å². The molecule has 0 unspecified atom stereocenters. The molecule has 3 heteroatoms. The molecule has 1 N–H and O–H groups in total. The molecule has 0 atom stereocenters. The molecule has 0 aliphatic heterocycles. The summed E-state index contributed by atoms with van der Waals surface area (Å²) in [5.41, 5.74) is 0.878. The van der Waals surface area contributed by atoms with Crippen LogP contribution in [0.25, 0.3) is 32.3 Å². The number of carbonyl (C=O) groups excluding carboxylic acids is 1. The summed E-state index contributed by atoms with van der Waals surface area (Å²) in [6.45, 7) is 1.54. The number of carbonyl (C=O) groups is 1. The summed E-state index contributed by atoms with van der Waals surface area (Å²) in [5, 5.41) is 10.2. The Hall–Kier alpha value is -1.61. The van der Waals surface area contributed by atoms with Crippen LogP contribution < -0.4 is 5.32 Å². The minimum atomic E-state index is -0.0416. The molecular formula is C18H14NNaO. The van der Waals surface area contributed by atoms with Crippen LogP contribution in [0.1, 0.15) is 6.92 Å². The van der Waals surface area contributed by atoms with E-state index >= 15 is 0 Å². The van der Waals surface area contributed by atoms with Crippen molar-refractivity contribution in [1.29, 1.82) is 0 Å². The third kappa shape index (κ3) is 2.20. The van der Waals surface area contributed by atoms with E-state index in [2.05, 4.69) is 53.8 Å². The molecule has 0 bridgehead atoms. The van der Waals surface area contributed by atoms with Gasteiger partial charge < -0.3 is 5.32 Å². The van der Waals surface area contributed by atoms with Crippen LogP contribution in [0.4, 0.5) is 5.69 Å². The number of hydrogen-bond acceptors (Lipinski definition) is 1. The fourth-order valence-electron chi connectivity index (χ4n) is 3.03. The van der Waals surface area contributed by atoms with Gasteiger partial charge in [0.25, 0.3) is 0 Å². The normalized spacial score (nSPS) is 10.9. The summed E-state index contributed by atoms with van der Waals surface area (Å²) in [7, 11) is 0. The Kier molecular flexibility index (Phi) is 3.62. The van der Waals surface area contributed by atoms with Crippen molar-refractivity contribution >= 4 is 73.5 Å². The van der Waals surface area contributed by atoms with Crippen LogP contribution >= 0.6 is 0 Å². The molecule has 98 valence electrons. The zero-order chi connectivity index (χ0) is 13.7. The van der Waals surface area contributed by atoms with E-state index in [1.807, 2.05) is 6.07 Å². The molecule has 0 aliphatic carbocycles. The molecule has 2 nitrogen and oxygen atoms in total. The summed E-state index contributed by atoms with van der Waals surface area (Å²) in [6, 6.07) is 18.9. The Morgan fingerprint density at radius 1 is 0.810 bits per heavy atom. The van der Waals surface area contributed by atoms with E-state index in [-0.39, 0.29) is 35.5 Å². The Morgan fingerprint density at radius 2 is 1.38 bits per heavy atom.